The Balaban J connectivity index is 1.50. The molecule has 3 rings (SSSR count). The van der Waals surface area contributed by atoms with Crippen molar-refractivity contribution in [1.29, 1.82) is 0 Å². The molecule has 5 heteroatoms. The fourth-order valence-corrected chi connectivity index (χ4v) is 3.12. The number of imidazole rings is 1. The second-order valence-electron chi connectivity index (χ2n) is 5.94. The number of hydrogen-bond donors (Lipinski definition) is 0. The van der Waals surface area contributed by atoms with Crippen LogP contribution < -0.4 is 0 Å². The first-order valence-corrected chi connectivity index (χ1v) is 8.18. The van der Waals surface area contributed by atoms with Gasteiger partial charge in [-0.15, -0.1) is 0 Å². The van der Waals surface area contributed by atoms with Crippen LogP contribution in [-0.4, -0.2) is 41.3 Å². The van der Waals surface area contributed by atoms with Gasteiger partial charge in [-0.05, 0) is 12.5 Å². The number of methoxy groups -OCH3 is 1. The van der Waals surface area contributed by atoms with E-state index in [0.717, 1.165) is 37.8 Å². The minimum atomic E-state index is 0.315. The van der Waals surface area contributed by atoms with Crippen molar-refractivity contribution in [2.24, 2.45) is 0 Å². The summed E-state index contributed by atoms with van der Waals surface area (Å²) in [5.41, 5.74) is 2.38. The quantitative estimate of drug-likeness (QED) is 0.736. The SMILES string of the molecule is COCc1cnc2n1CCN(CCOCc1ccccc1)[C@@H]2C. The molecule has 1 aliphatic rings. The summed E-state index contributed by atoms with van der Waals surface area (Å²) in [5, 5.41) is 0. The molecule has 0 saturated carbocycles. The molecule has 124 valence electrons. The molecule has 1 aromatic carbocycles. The van der Waals surface area contributed by atoms with Gasteiger partial charge in [0, 0.05) is 26.7 Å². The minimum Gasteiger partial charge on any atom is -0.378 e. The number of benzene rings is 1. The zero-order valence-corrected chi connectivity index (χ0v) is 13.9. The van der Waals surface area contributed by atoms with Gasteiger partial charge in [-0.2, -0.15) is 0 Å². The Morgan fingerprint density at radius 2 is 2.00 bits per heavy atom. The molecule has 23 heavy (non-hydrogen) atoms. The van der Waals surface area contributed by atoms with Gasteiger partial charge in [0.15, 0.2) is 0 Å². The highest BCUT2D eigenvalue weighted by Crippen LogP contribution is 2.25. The number of fused-ring (bicyclic) bond motifs is 1. The first-order valence-electron chi connectivity index (χ1n) is 8.18. The standard InChI is InChI=1S/C18H25N3O2/c1-15-18-19-12-17(14-22-2)21(18)9-8-20(15)10-11-23-13-16-6-4-3-5-7-16/h3-7,12,15H,8-11,13-14H2,1-2H3/t15-/m1/s1. The average molecular weight is 315 g/mol. The maximum atomic E-state index is 5.81. The van der Waals surface area contributed by atoms with Crippen LogP contribution in [0.5, 0.6) is 0 Å². The van der Waals surface area contributed by atoms with Crippen LogP contribution in [0.1, 0.15) is 30.0 Å². The molecule has 0 bridgehead atoms. The van der Waals surface area contributed by atoms with Gasteiger partial charge in [0.25, 0.3) is 0 Å². The van der Waals surface area contributed by atoms with E-state index in [4.69, 9.17) is 9.47 Å². The Morgan fingerprint density at radius 3 is 2.78 bits per heavy atom. The van der Waals surface area contributed by atoms with Crippen LogP contribution in [0.4, 0.5) is 0 Å². The van der Waals surface area contributed by atoms with Gasteiger partial charge in [0.05, 0.1) is 37.8 Å². The van der Waals surface area contributed by atoms with E-state index < -0.39 is 0 Å². The summed E-state index contributed by atoms with van der Waals surface area (Å²) >= 11 is 0. The van der Waals surface area contributed by atoms with Gasteiger partial charge in [-0.3, -0.25) is 4.90 Å². The lowest BCUT2D eigenvalue weighted by atomic mass is 10.2. The van der Waals surface area contributed by atoms with Crippen molar-refractivity contribution >= 4 is 0 Å². The van der Waals surface area contributed by atoms with Crippen LogP contribution >= 0.6 is 0 Å². The number of nitrogens with zero attached hydrogens (tertiary/aromatic N) is 3. The van der Waals surface area contributed by atoms with Gasteiger partial charge in [0.1, 0.15) is 5.82 Å². The molecule has 0 radical (unpaired) electrons. The van der Waals surface area contributed by atoms with Crippen LogP contribution in [0.25, 0.3) is 0 Å². The number of hydrogen-bond acceptors (Lipinski definition) is 4. The molecule has 0 spiro atoms. The summed E-state index contributed by atoms with van der Waals surface area (Å²) < 4.78 is 13.3. The van der Waals surface area contributed by atoms with Crippen molar-refractivity contribution in [3.8, 4) is 0 Å². The molecular weight excluding hydrogens is 290 g/mol. The van der Waals surface area contributed by atoms with Gasteiger partial charge >= 0.3 is 0 Å². The van der Waals surface area contributed by atoms with E-state index in [2.05, 4.69) is 33.5 Å². The van der Waals surface area contributed by atoms with Crippen LogP contribution in [0, 0.1) is 0 Å². The smallest absolute Gasteiger partial charge is 0.126 e. The van der Waals surface area contributed by atoms with E-state index in [1.807, 2.05) is 24.4 Å². The molecule has 0 N–H and O–H groups in total. The number of aromatic nitrogens is 2. The zero-order valence-electron chi connectivity index (χ0n) is 13.9. The first-order chi connectivity index (χ1) is 11.3. The van der Waals surface area contributed by atoms with Crippen LogP contribution in [-0.2, 0) is 29.2 Å². The Hall–Kier alpha value is -1.69. The van der Waals surface area contributed by atoms with Crippen molar-refractivity contribution in [2.75, 3.05) is 26.8 Å². The third-order valence-corrected chi connectivity index (χ3v) is 4.43. The summed E-state index contributed by atoms with van der Waals surface area (Å²) in [6.07, 6.45) is 1.94. The lowest BCUT2D eigenvalue weighted by molar-refractivity contribution is 0.0679. The fraction of sp³-hybridized carbons (Fsp3) is 0.500. The highest BCUT2D eigenvalue weighted by molar-refractivity contribution is 5.13. The van der Waals surface area contributed by atoms with E-state index >= 15 is 0 Å². The van der Waals surface area contributed by atoms with Gasteiger partial charge in [-0.1, -0.05) is 30.3 Å². The first kappa shape index (κ1) is 16.2. The molecule has 1 atom stereocenters. The molecule has 5 nitrogen and oxygen atoms in total. The largest absolute Gasteiger partial charge is 0.378 e. The molecule has 1 aliphatic heterocycles. The second kappa shape index (κ2) is 7.73. The third kappa shape index (κ3) is 3.80. The Morgan fingerprint density at radius 1 is 1.17 bits per heavy atom. The van der Waals surface area contributed by atoms with Gasteiger partial charge in [-0.25, -0.2) is 4.98 Å². The summed E-state index contributed by atoms with van der Waals surface area (Å²) in [5.74, 6) is 1.13. The van der Waals surface area contributed by atoms with E-state index in [-0.39, 0.29) is 0 Å². The van der Waals surface area contributed by atoms with Crippen LogP contribution in [0.15, 0.2) is 36.5 Å². The zero-order chi connectivity index (χ0) is 16.1. The Kier molecular flexibility index (Phi) is 5.43. The molecule has 0 amide bonds. The lowest BCUT2D eigenvalue weighted by Crippen LogP contribution is -2.39. The minimum absolute atomic E-state index is 0.315. The molecule has 0 unspecified atom stereocenters. The predicted octanol–water partition coefficient (Wildman–Crippen LogP) is 2.62. The predicted molar refractivity (Wildman–Crippen MR) is 89.0 cm³/mol. The molecule has 0 fully saturated rings. The van der Waals surface area contributed by atoms with Crippen molar-refractivity contribution in [2.45, 2.75) is 32.7 Å². The summed E-state index contributed by atoms with van der Waals surface area (Å²) in [6, 6.07) is 10.6. The Labute approximate surface area is 137 Å². The second-order valence-corrected chi connectivity index (χ2v) is 5.94. The highest BCUT2D eigenvalue weighted by Gasteiger charge is 2.26. The topological polar surface area (TPSA) is 39.5 Å². The number of ether oxygens (including phenoxy) is 2. The third-order valence-electron chi connectivity index (χ3n) is 4.43. The molecular formula is C18H25N3O2. The number of rotatable bonds is 7. The Bertz CT molecular complexity index is 612. The van der Waals surface area contributed by atoms with Crippen molar-refractivity contribution < 1.29 is 9.47 Å². The van der Waals surface area contributed by atoms with Crippen LogP contribution in [0.3, 0.4) is 0 Å². The van der Waals surface area contributed by atoms with E-state index in [0.29, 0.717) is 19.3 Å². The van der Waals surface area contributed by atoms with Crippen molar-refractivity contribution in [3.05, 3.63) is 53.6 Å². The fourth-order valence-electron chi connectivity index (χ4n) is 3.12. The molecule has 0 aliphatic carbocycles. The van der Waals surface area contributed by atoms with E-state index in [1.54, 1.807) is 7.11 Å². The monoisotopic (exact) mass is 315 g/mol. The summed E-state index contributed by atoms with van der Waals surface area (Å²) in [6.45, 7) is 7.18. The maximum absolute atomic E-state index is 5.81. The van der Waals surface area contributed by atoms with Gasteiger partial charge in [0.2, 0.25) is 0 Å². The maximum Gasteiger partial charge on any atom is 0.126 e. The summed E-state index contributed by atoms with van der Waals surface area (Å²) in [4.78, 5) is 7.02. The molecule has 1 aromatic heterocycles. The molecule has 0 saturated heterocycles. The van der Waals surface area contributed by atoms with Gasteiger partial charge < -0.3 is 14.0 Å². The van der Waals surface area contributed by atoms with E-state index in [9.17, 15) is 0 Å². The molecule has 2 aromatic rings. The summed E-state index contributed by atoms with van der Waals surface area (Å²) in [7, 11) is 1.72. The van der Waals surface area contributed by atoms with Crippen molar-refractivity contribution in [3.63, 3.8) is 0 Å². The average Bonchev–Trinajstić information content (AvgIpc) is 2.99. The van der Waals surface area contributed by atoms with Crippen molar-refractivity contribution in [1.82, 2.24) is 14.5 Å². The van der Waals surface area contributed by atoms with E-state index in [1.165, 1.54) is 5.56 Å². The molecule has 2 heterocycles. The lowest BCUT2D eigenvalue weighted by Gasteiger charge is -2.34. The normalized spacial score (nSPS) is 18.1. The van der Waals surface area contributed by atoms with Crippen LogP contribution in [0.2, 0.25) is 0 Å². The highest BCUT2D eigenvalue weighted by atomic mass is 16.5.